The van der Waals surface area contributed by atoms with Crippen molar-refractivity contribution in [2.45, 2.75) is 0 Å². The minimum atomic E-state index is -0.393. The third kappa shape index (κ3) is 4.51. The number of nitrogens with one attached hydrogen (secondary N) is 1. The molecule has 0 aliphatic carbocycles. The summed E-state index contributed by atoms with van der Waals surface area (Å²) in [6.07, 6.45) is 1.75. The Morgan fingerprint density at radius 2 is 2.04 bits per heavy atom. The van der Waals surface area contributed by atoms with Gasteiger partial charge in [-0.1, -0.05) is 58.1 Å². The number of hydrogen-bond acceptors (Lipinski definition) is 5. The molecule has 0 atom stereocenters. The molecule has 0 unspecified atom stereocenters. The molecule has 2 amide bonds. The number of phenolic OH excluding ortho intramolecular Hbond substituents is 1. The number of phenols is 1. The maximum atomic E-state index is 12.6. The summed E-state index contributed by atoms with van der Waals surface area (Å²) >= 11 is 9.80. The van der Waals surface area contributed by atoms with Crippen molar-refractivity contribution >= 4 is 67.8 Å². The van der Waals surface area contributed by atoms with Crippen molar-refractivity contribution in [3.8, 4) is 5.75 Å². The number of halogens is 1. The van der Waals surface area contributed by atoms with Gasteiger partial charge in [-0.05, 0) is 35.9 Å². The first-order valence-electron chi connectivity index (χ1n) is 7.52. The highest BCUT2D eigenvalue weighted by Crippen LogP contribution is 2.32. The number of benzene rings is 2. The number of aromatic hydroxyl groups is 1. The van der Waals surface area contributed by atoms with Gasteiger partial charge in [-0.2, -0.15) is 0 Å². The highest BCUT2D eigenvalue weighted by atomic mass is 79.9. The molecule has 1 fully saturated rings. The fraction of sp³-hybridized carbons (Fsp3) is 0.0556. The fourth-order valence-corrected chi connectivity index (χ4v) is 3.98. The summed E-state index contributed by atoms with van der Waals surface area (Å²) in [6, 6.07) is 13.7. The van der Waals surface area contributed by atoms with E-state index in [9.17, 15) is 14.7 Å². The van der Waals surface area contributed by atoms with Gasteiger partial charge >= 0.3 is 0 Å². The molecule has 1 aliphatic heterocycles. The summed E-state index contributed by atoms with van der Waals surface area (Å²) in [4.78, 5) is 26.5. The molecule has 8 heteroatoms. The predicted molar refractivity (Wildman–Crippen MR) is 111 cm³/mol. The first-order chi connectivity index (χ1) is 12.4. The first-order valence-corrected chi connectivity index (χ1v) is 9.54. The lowest BCUT2D eigenvalue weighted by atomic mass is 10.2. The zero-order chi connectivity index (χ0) is 18.7. The summed E-state index contributed by atoms with van der Waals surface area (Å²) in [5.41, 5.74) is 1.31. The predicted octanol–water partition coefficient (Wildman–Crippen LogP) is 3.99. The Morgan fingerprint density at radius 3 is 2.77 bits per heavy atom. The second-order valence-corrected chi connectivity index (χ2v) is 8.01. The largest absolute Gasteiger partial charge is 0.508 e. The van der Waals surface area contributed by atoms with Gasteiger partial charge in [0, 0.05) is 16.2 Å². The van der Waals surface area contributed by atoms with Crippen LogP contribution in [0.3, 0.4) is 0 Å². The molecule has 2 aromatic rings. The number of rotatable bonds is 4. The SMILES string of the molecule is O=C(CN1C(=O)C(=Cc2cccc(Br)c2)SC1=S)Nc1cccc(O)c1. The normalized spacial score (nSPS) is 15.6. The van der Waals surface area contributed by atoms with Crippen molar-refractivity contribution < 1.29 is 14.7 Å². The second-order valence-electron chi connectivity index (χ2n) is 5.42. The van der Waals surface area contributed by atoms with E-state index < -0.39 is 5.91 Å². The quantitative estimate of drug-likeness (QED) is 0.546. The molecule has 26 heavy (non-hydrogen) atoms. The van der Waals surface area contributed by atoms with E-state index in [1.807, 2.05) is 24.3 Å². The summed E-state index contributed by atoms with van der Waals surface area (Å²) in [7, 11) is 0. The molecule has 5 nitrogen and oxygen atoms in total. The van der Waals surface area contributed by atoms with Crippen LogP contribution in [0.5, 0.6) is 5.75 Å². The highest BCUT2D eigenvalue weighted by molar-refractivity contribution is 9.10. The van der Waals surface area contributed by atoms with Crippen molar-refractivity contribution in [1.82, 2.24) is 4.90 Å². The third-order valence-corrected chi connectivity index (χ3v) is 5.32. The first kappa shape index (κ1) is 18.6. The van der Waals surface area contributed by atoms with Gasteiger partial charge in [-0.3, -0.25) is 14.5 Å². The summed E-state index contributed by atoms with van der Waals surface area (Å²) in [5.74, 6) is -0.646. The van der Waals surface area contributed by atoms with Crippen molar-refractivity contribution in [2.24, 2.45) is 0 Å². The van der Waals surface area contributed by atoms with Crippen LogP contribution in [0.2, 0.25) is 0 Å². The molecule has 0 aromatic heterocycles. The Morgan fingerprint density at radius 1 is 1.27 bits per heavy atom. The molecule has 2 aromatic carbocycles. The van der Waals surface area contributed by atoms with Gasteiger partial charge in [0.25, 0.3) is 5.91 Å². The van der Waals surface area contributed by atoms with E-state index in [4.69, 9.17) is 12.2 Å². The third-order valence-electron chi connectivity index (χ3n) is 3.45. The van der Waals surface area contributed by atoms with E-state index in [0.29, 0.717) is 14.9 Å². The summed E-state index contributed by atoms with van der Waals surface area (Å²) in [6.45, 7) is -0.184. The van der Waals surface area contributed by atoms with E-state index in [-0.39, 0.29) is 18.2 Å². The van der Waals surface area contributed by atoms with Gasteiger partial charge in [0.1, 0.15) is 16.6 Å². The Hall–Kier alpha value is -2.16. The van der Waals surface area contributed by atoms with Crippen molar-refractivity contribution in [1.29, 1.82) is 0 Å². The Labute approximate surface area is 168 Å². The van der Waals surface area contributed by atoms with Gasteiger partial charge in [0.2, 0.25) is 5.91 Å². The molecule has 1 heterocycles. The average Bonchev–Trinajstić information content (AvgIpc) is 2.82. The number of thiocarbonyl (C=S) groups is 1. The zero-order valence-electron chi connectivity index (χ0n) is 13.3. The van der Waals surface area contributed by atoms with E-state index in [2.05, 4.69) is 21.2 Å². The van der Waals surface area contributed by atoms with Crippen LogP contribution in [0, 0.1) is 0 Å². The smallest absolute Gasteiger partial charge is 0.266 e. The standard InChI is InChI=1S/C18H13BrN2O3S2/c19-12-4-1-3-11(7-12)8-15-17(24)21(18(25)26-15)10-16(23)20-13-5-2-6-14(22)9-13/h1-9,22H,10H2,(H,20,23). The van der Waals surface area contributed by atoms with Crippen LogP contribution < -0.4 is 5.32 Å². The highest BCUT2D eigenvalue weighted by Gasteiger charge is 2.33. The fourth-order valence-electron chi connectivity index (χ4n) is 2.31. The maximum absolute atomic E-state index is 12.6. The van der Waals surface area contributed by atoms with E-state index in [1.165, 1.54) is 28.8 Å². The van der Waals surface area contributed by atoms with Crippen LogP contribution in [0.1, 0.15) is 5.56 Å². The van der Waals surface area contributed by atoms with E-state index in [1.54, 1.807) is 18.2 Å². The van der Waals surface area contributed by atoms with Crippen molar-refractivity contribution in [3.63, 3.8) is 0 Å². The number of nitrogens with zero attached hydrogens (tertiary/aromatic N) is 1. The number of hydrogen-bond donors (Lipinski definition) is 2. The number of carbonyl (C=O) groups excluding carboxylic acids is 2. The Bertz CT molecular complexity index is 930. The van der Waals surface area contributed by atoms with Gasteiger partial charge < -0.3 is 10.4 Å². The number of anilines is 1. The van der Waals surface area contributed by atoms with Crippen molar-refractivity contribution in [2.75, 3.05) is 11.9 Å². The van der Waals surface area contributed by atoms with E-state index >= 15 is 0 Å². The van der Waals surface area contributed by atoms with Gasteiger partial charge in [-0.25, -0.2) is 0 Å². The lowest BCUT2D eigenvalue weighted by molar-refractivity contribution is -0.126. The average molecular weight is 449 g/mol. The number of thioether (sulfide) groups is 1. The summed E-state index contributed by atoms with van der Waals surface area (Å²) in [5, 5.41) is 12.1. The molecular formula is C18H13BrN2O3S2. The molecule has 0 radical (unpaired) electrons. The second kappa shape index (κ2) is 8.03. The van der Waals surface area contributed by atoms with Crippen LogP contribution >= 0.6 is 39.9 Å². The monoisotopic (exact) mass is 448 g/mol. The molecule has 0 spiro atoms. The molecule has 3 rings (SSSR count). The van der Waals surface area contributed by atoms with Gasteiger partial charge in [-0.15, -0.1) is 0 Å². The molecule has 0 bridgehead atoms. The topological polar surface area (TPSA) is 69.6 Å². The molecule has 2 N–H and O–H groups in total. The Kier molecular flexibility index (Phi) is 5.75. The summed E-state index contributed by atoms with van der Waals surface area (Å²) < 4.78 is 1.24. The molecule has 0 saturated carbocycles. The molecule has 132 valence electrons. The van der Waals surface area contributed by atoms with Crippen LogP contribution in [-0.4, -0.2) is 32.7 Å². The minimum absolute atomic E-state index is 0.0466. The number of carbonyl (C=O) groups is 2. The zero-order valence-corrected chi connectivity index (χ0v) is 16.5. The molecular weight excluding hydrogens is 436 g/mol. The van der Waals surface area contributed by atoms with Crippen LogP contribution in [-0.2, 0) is 9.59 Å². The van der Waals surface area contributed by atoms with Gasteiger partial charge in [0.15, 0.2) is 0 Å². The lowest BCUT2D eigenvalue weighted by Crippen LogP contribution is -2.36. The molecule has 1 saturated heterocycles. The van der Waals surface area contributed by atoms with Crippen LogP contribution in [0.15, 0.2) is 57.9 Å². The molecule has 1 aliphatic rings. The van der Waals surface area contributed by atoms with Crippen LogP contribution in [0.4, 0.5) is 5.69 Å². The minimum Gasteiger partial charge on any atom is -0.508 e. The Balaban J connectivity index is 1.70. The lowest BCUT2D eigenvalue weighted by Gasteiger charge is -2.14. The van der Waals surface area contributed by atoms with Gasteiger partial charge in [0.05, 0.1) is 4.91 Å². The van der Waals surface area contributed by atoms with Crippen molar-refractivity contribution in [3.05, 3.63) is 63.5 Å². The number of amides is 2. The van der Waals surface area contributed by atoms with Crippen LogP contribution in [0.25, 0.3) is 6.08 Å². The maximum Gasteiger partial charge on any atom is 0.266 e. The van der Waals surface area contributed by atoms with E-state index in [0.717, 1.165) is 10.0 Å².